The van der Waals surface area contributed by atoms with Crippen molar-refractivity contribution in [3.8, 4) is 0 Å². The van der Waals surface area contributed by atoms with Crippen LogP contribution in [0.15, 0.2) is 23.0 Å². The Hall–Kier alpha value is -1.13. The van der Waals surface area contributed by atoms with Gasteiger partial charge in [0.25, 0.3) is 5.56 Å². The van der Waals surface area contributed by atoms with Crippen LogP contribution in [0.25, 0.3) is 10.9 Å². The number of hydrogen-bond donors (Lipinski definition) is 1. The smallest absolute Gasteiger partial charge is 0.262 e. The first-order valence-electron chi connectivity index (χ1n) is 6.06. The zero-order chi connectivity index (χ0) is 13.1. The van der Waals surface area contributed by atoms with Crippen molar-refractivity contribution in [2.24, 2.45) is 0 Å². The highest BCUT2D eigenvalue weighted by Crippen LogP contribution is 2.14. The quantitative estimate of drug-likeness (QED) is 0.682. The second-order valence-corrected chi connectivity index (χ2v) is 5.11. The minimum atomic E-state index is -0.0626. The first-order valence-corrected chi connectivity index (χ1v) is 6.84. The molecule has 0 atom stereocenters. The molecule has 1 aromatic heterocycles. The number of unbranched alkanes of at least 4 members (excludes halogenated alkanes) is 2. The molecule has 3 nitrogen and oxygen atoms in total. The Kier molecular flexibility index (Phi) is 4.19. The van der Waals surface area contributed by atoms with Crippen LogP contribution < -0.4 is 5.56 Å². The van der Waals surface area contributed by atoms with E-state index in [2.05, 4.69) is 11.9 Å². The fourth-order valence-corrected chi connectivity index (χ4v) is 2.40. The first-order chi connectivity index (χ1) is 8.63. The molecule has 0 saturated heterocycles. The summed E-state index contributed by atoms with van der Waals surface area (Å²) in [6.45, 7) is 2.79. The third kappa shape index (κ3) is 2.65. The number of rotatable bonds is 4. The maximum absolute atomic E-state index is 12.3. The zero-order valence-electron chi connectivity index (χ0n) is 10.2. The van der Waals surface area contributed by atoms with Gasteiger partial charge in [-0.2, -0.15) is 0 Å². The lowest BCUT2D eigenvalue weighted by molar-refractivity contribution is 0.578. The molecule has 0 spiro atoms. The van der Waals surface area contributed by atoms with Gasteiger partial charge in [0.15, 0.2) is 4.77 Å². The summed E-state index contributed by atoms with van der Waals surface area (Å²) in [6.07, 6.45) is 3.17. The number of fused-ring (bicyclic) bond motifs is 1. The van der Waals surface area contributed by atoms with Crippen molar-refractivity contribution < 1.29 is 0 Å². The lowest BCUT2D eigenvalue weighted by Gasteiger charge is -2.07. The molecular formula is C13H15ClN2OS. The van der Waals surface area contributed by atoms with E-state index in [1.54, 1.807) is 22.8 Å². The van der Waals surface area contributed by atoms with E-state index in [1.807, 2.05) is 0 Å². The molecular weight excluding hydrogens is 268 g/mol. The average molecular weight is 283 g/mol. The van der Waals surface area contributed by atoms with Gasteiger partial charge in [-0.15, -0.1) is 0 Å². The van der Waals surface area contributed by atoms with E-state index < -0.39 is 0 Å². The van der Waals surface area contributed by atoms with Crippen LogP contribution in [0.1, 0.15) is 26.2 Å². The largest absolute Gasteiger partial charge is 0.332 e. The summed E-state index contributed by atoms with van der Waals surface area (Å²) in [7, 11) is 0. The van der Waals surface area contributed by atoms with Crippen LogP contribution in [0.2, 0.25) is 5.02 Å². The number of aromatic amines is 1. The number of nitrogens with zero attached hydrogens (tertiary/aromatic N) is 1. The third-order valence-corrected chi connectivity index (χ3v) is 3.49. The van der Waals surface area contributed by atoms with Gasteiger partial charge in [0, 0.05) is 11.6 Å². The van der Waals surface area contributed by atoms with Gasteiger partial charge in [0.2, 0.25) is 0 Å². The highest BCUT2D eigenvalue weighted by atomic mass is 35.5. The molecule has 0 aliphatic heterocycles. The molecule has 1 N–H and O–H groups in total. The highest BCUT2D eigenvalue weighted by molar-refractivity contribution is 7.71. The molecule has 0 bridgehead atoms. The second-order valence-electron chi connectivity index (χ2n) is 4.28. The average Bonchev–Trinajstić information content (AvgIpc) is 2.35. The molecule has 2 aromatic rings. The number of nitrogens with one attached hydrogen (secondary N) is 1. The standard InChI is InChI=1S/C13H15ClN2OS/c1-2-3-4-7-16-12(17)10-8-9(14)5-6-11(10)15-13(16)18/h5-6,8H,2-4,7H2,1H3,(H,15,18). The summed E-state index contributed by atoms with van der Waals surface area (Å²) >= 11 is 11.1. The summed E-state index contributed by atoms with van der Waals surface area (Å²) < 4.78 is 2.09. The monoisotopic (exact) mass is 282 g/mol. The molecule has 1 heterocycles. The van der Waals surface area contributed by atoms with Crippen LogP contribution in [0.5, 0.6) is 0 Å². The summed E-state index contributed by atoms with van der Waals surface area (Å²) in [5.41, 5.74) is 0.675. The van der Waals surface area contributed by atoms with Crippen molar-refractivity contribution in [3.63, 3.8) is 0 Å². The fraction of sp³-hybridized carbons (Fsp3) is 0.385. The molecule has 96 valence electrons. The van der Waals surface area contributed by atoms with Crippen LogP contribution in [0, 0.1) is 4.77 Å². The van der Waals surface area contributed by atoms with Gasteiger partial charge in [-0.1, -0.05) is 31.4 Å². The van der Waals surface area contributed by atoms with E-state index in [1.165, 1.54) is 0 Å². The van der Waals surface area contributed by atoms with E-state index in [-0.39, 0.29) is 5.56 Å². The summed E-state index contributed by atoms with van der Waals surface area (Å²) in [6, 6.07) is 5.21. The highest BCUT2D eigenvalue weighted by Gasteiger charge is 2.05. The lowest BCUT2D eigenvalue weighted by atomic mass is 10.2. The van der Waals surface area contributed by atoms with Crippen molar-refractivity contribution >= 4 is 34.7 Å². The Labute approximate surface area is 115 Å². The van der Waals surface area contributed by atoms with Crippen LogP contribution >= 0.6 is 23.8 Å². The van der Waals surface area contributed by atoms with Crippen molar-refractivity contribution in [1.82, 2.24) is 9.55 Å². The number of halogens is 1. The Morgan fingerprint density at radius 2 is 2.17 bits per heavy atom. The number of hydrogen-bond acceptors (Lipinski definition) is 2. The summed E-state index contributed by atoms with van der Waals surface area (Å²) in [4.78, 5) is 15.4. The lowest BCUT2D eigenvalue weighted by Crippen LogP contribution is -2.22. The Balaban J connectivity index is 2.53. The third-order valence-electron chi connectivity index (χ3n) is 2.93. The van der Waals surface area contributed by atoms with Crippen molar-refractivity contribution in [2.75, 3.05) is 0 Å². The molecule has 5 heteroatoms. The van der Waals surface area contributed by atoms with E-state index in [0.717, 1.165) is 24.8 Å². The van der Waals surface area contributed by atoms with Crippen LogP contribution in [-0.2, 0) is 6.54 Å². The van der Waals surface area contributed by atoms with Gasteiger partial charge >= 0.3 is 0 Å². The zero-order valence-corrected chi connectivity index (χ0v) is 11.8. The fourth-order valence-electron chi connectivity index (χ4n) is 1.95. The van der Waals surface area contributed by atoms with Gasteiger partial charge in [-0.05, 0) is 36.8 Å². The van der Waals surface area contributed by atoms with E-state index >= 15 is 0 Å². The van der Waals surface area contributed by atoms with Crippen molar-refractivity contribution in [1.29, 1.82) is 0 Å². The number of aromatic nitrogens is 2. The Morgan fingerprint density at radius 1 is 1.39 bits per heavy atom. The molecule has 0 saturated carbocycles. The van der Waals surface area contributed by atoms with Gasteiger partial charge in [-0.25, -0.2) is 0 Å². The molecule has 0 aliphatic carbocycles. The van der Waals surface area contributed by atoms with E-state index in [9.17, 15) is 4.79 Å². The van der Waals surface area contributed by atoms with Gasteiger partial charge in [0.1, 0.15) is 0 Å². The first kappa shape index (κ1) is 13.3. The molecule has 0 amide bonds. The van der Waals surface area contributed by atoms with Gasteiger partial charge in [-0.3, -0.25) is 9.36 Å². The SMILES string of the molecule is CCCCCn1c(=S)[nH]c2ccc(Cl)cc2c1=O. The maximum atomic E-state index is 12.3. The van der Waals surface area contributed by atoms with Gasteiger partial charge < -0.3 is 4.98 Å². The molecule has 0 fully saturated rings. The molecule has 2 rings (SSSR count). The topological polar surface area (TPSA) is 37.8 Å². The molecule has 18 heavy (non-hydrogen) atoms. The van der Waals surface area contributed by atoms with Crippen LogP contribution in [0.4, 0.5) is 0 Å². The minimum Gasteiger partial charge on any atom is -0.332 e. The predicted molar refractivity (Wildman–Crippen MR) is 77.9 cm³/mol. The Morgan fingerprint density at radius 3 is 2.89 bits per heavy atom. The Bertz CT molecular complexity index is 675. The minimum absolute atomic E-state index is 0.0626. The predicted octanol–water partition coefficient (Wildman–Crippen LogP) is 3.90. The summed E-state index contributed by atoms with van der Waals surface area (Å²) in [5.74, 6) is 0. The normalized spacial score (nSPS) is 11.0. The second kappa shape index (κ2) is 5.67. The molecule has 0 radical (unpaired) electrons. The maximum Gasteiger partial charge on any atom is 0.262 e. The van der Waals surface area contributed by atoms with Crippen molar-refractivity contribution in [3.05, 3.63) is 38.3 Å². The number of benzene rings is 1. The van der Waals surface area contributed by atoms with E-state index in [4.69, 9.17) is 23.8 Å². The van der Waals surface area contributed by atoms with Gasteiger partial charge in [0.05, 0.1) is 10.9 Å². The molecule has 0 unspecified atom stereocenters. The van der Waals surface area contributed by atoms with Crippen molar-refractivity contribution in [2.45, 2.75) is 32.7 Å². The summed E-state index contributed by atoms with van der Waals surface area (Å²) in [5, 5.41) is 1.15. The molecule has 1 aromatic carbocycles. The van der Waals surface area contributed by atoms with Crippen LogP contribution in [0.3, 0.4) is 0 Å². The van der Waals surface area contributed by atoms with Crippen LogP contribution in [-0.4, -0.2) is 9.55 Å². The van der Waals surface area contributed by atoms with E-state index in [0.29, 0.717) is 21.7 Å². The molecule has 0 aliphatic rings. The number of H-pyrrole nitrogens is 1.